The number of carbonyl (C=O) groups is 2. The highest BCUT2D eigenvalue weighted by atomic mass is 19.2. The van der Waals surface area contributed by atoms with Crippen molar-refractivity contribution in [2.24, 2.45) is 5.41 Å². The summed E-state index contributed by atoms with van der Waals surface area (Å²) in [4.78, 5) is 25.6. The van der Waals surface area contributed by atoms with Gasteiger partial charge in [-0.15, -0.1) is 0 Å². The maximum absolute atomic E-state index is 13.2. The molecule has 1 aromatic carbocycles. The second-order valence-electron chi connectivity index (χ2n) is 6.17. The van der Waals surface area contributed by atoms with Crippen LogP contribution in [0.3, 0.4) is 0 Å². The number of rotatable bonds is 6. The van der Waals surface area contributed by atoms with Gasteiger partial charge in [0.15, 0.2) is 11.6 Å². The molecule has 0 spiro atoms. The number of carboxylic acid groups (broad SMARTS) is 1. The fourth-order valence-electron chi connectivity index (χ4n) is 3.06. The van der Waals surface area contributed by atoms with E-state index in [2.05, 4.69) is 0 Å². The van der Waals surface area contributed by atoms with Crippen LogP contribution in [0.15, 0.2) is 18.2 Å². The van der Waals surface area contributed by atoms with Crippen LogP contribution in [0.5, 0.6) is 0 Å². The van der Waals surface area contributed by atoms with Gasteiger partial charge in [0, 0.05) is 26.8 Å². The summed E-state index contributed by atoms with van der Waals surface area (Å²) in [5, 5.41) is 9.59. The number of methoxy groups -OCH3 is 1. The minimum absolute atomic E-state index is 0.0861. The van der Waals surface area contributed by atoms with Gasteiger partial charge in [0.1, 0.15) is 0 Å². The van der Waals surface area contributed by atoms with Gasteiger partial charge in [-0.3, -0.25) is 9.59 Å². The van der Waals surface area contributed by atoms with Crippen LogP contribution in [0.4, 0.5) is 8.78 Å². The van der Waals surface area contributed by atoms with Gasteiger partial charge in [0.25, 0.3) is 0 Å². The Balaban J connectivity index is 2.08. The number of amides is 1. The Morgan fingerprint density at radius 3 is 2.71 bits per heavy atom. The molecule has 1 unspecified atom stereocenters. The number of ether oxygens (including phenoxy) is 1. The standard InChI is InChI=1S/C17H21F2NO4/c1-24-8-6-17(16(22)23)5-2-7-20(11-17)15(21)10-12-3-4-13(18)14(19)9-12/h3-4,9H,2,5-8,10-11H2,1H3,(H,22,23). The van der Waals surface area contributed by atoms with Crippen molar-refractivity contribution in [2.75, 3.05) is 26.8 Å². The highest BCUT2D eigenvalue weighted by Crippen LogP contribution is 2.34. The molecular weight excluding hydrogens is 320 g/mol. The number of hydrogen-bond acceptors (Lipinski definition) is 3. The third-order valence-electron chi connectivity index (χ3n) is 4.51. The maximum Gasteiger partial charge on any atom is 0.311 e. The second-order valence-corrected chi connectivity index (χ2v) is 6.17. The normalized spacial score (nSPS) is 20.9. The van der Waals surface area contributed by atoms with Gasteiger partial charge >= 0.3 is 5.97 Å². The Bertz CT molecular complexity index is 623. The van der Waals surface area contributed by atoms with Crippen molar-refractivity contribution in [3.8, 4) is 0 Å². The van der Waals surface area contributed by atoms with E-state index in [9.17, 15) is 23.5 Å². The number of halogens is 2. The van der Waals surface area contributed by atoms with Crippen LogP contribution in [-0.2, 0) is 20.7 Å². The van der Waals surface area contributed by atoms with Gasteiger partial charge in [0.2, 0.25) is 5.91 Å². The minimum atomic E-state index is -1.02. The van der Waals surface area contributed by atoms with Crippen LogP contribution in [0.2, 0.25) is 0 Å². The number of carbonyl (C=O) groups excluding carboxylic acids is 1. The number of likely N-dealkylation sites (tertiary alicyclic amines) is 1. The first-order valence-electron chi connectivity index (χ1n) is 7.82. The average Bonchev–Trinajstić information content (AvgIpc) is 2.56. The van der Waals surface area contributed by atoms with E-state index < -0.39 is 23.0 Å². The van der Waals surface area contributed by atoms with Crippen LogP contribution in [-0.4, -0.2) is 48.7 Å². The zero-order valence-electron chi connectivity index (χ0n) is 13.6. The third kappa shape index (κ3) is 4.08. The van der Waals surface area contributed by atoms with E-state index in [0.29, 0.717) is 38.0 Å². The Morgan fingerprint density at radius 1 is 1.33 bits per heavy atom. The first kappa shape index (κ1) is 18.3. The van der Waals surface area contributed by atoms with Gasteiger partial charge in [-0.25, -0.2) is 8.78 Å². The highest BCUT2D eigenvalue weighted by Gasteiger charge is 2.43. The van der Waals surface area contributed by atoms with Gasteiger partial charge in [0.05, 0.1) is 11.8 Å². The molecule has 5 nitrogen and oxygen atoms in total. The quantitative estimate of drug-likeness (QED) is 0.862. The summed E-state index contributed by atoms with van der Waals surface area (Å²) in [5.41, 5.74) is -0.653. The number of carboxylic acids is 1. The number of hydrogen-bond donors (Lipinski definition) is 1. The number of nitrogens with zero attached hydrogens (tertiary/aromatic N) is 1. The summed E-state index contributed by atoms with van der Waals surface area (Å²) in [7, 11) is 1.50. The SMILES string of the molecule is COCCC1(C(=O)O)CCCN(C(=O)Cc2ccc(F)c(F)c2)C1. The van der Waals surface area contributed by atoms with E-state index in [1.54, 1.807) is 0 Å². The largest absolute Gasteiger partial charge is 0.481 e. The molecule has 132 valence electrons. The molecule has 1 atom stereocenters. The predicted octanol–water partition coefficient (Wildman–Crippen LogP) is 2.24. The van der Waals surface area contributed by atoms with Crippen molar-refractivity contribution in [2.45, 2.75) is 25.7 Å². The molecule has 1 fully saturated rings. The fourth-order valence-corrected chi connectivity index (χ4v) is 3.06. The van der Waals surface area contributed by atoms with E-state index in [1.165, 1.54) is 18.1 Å². The van der Waals surface area contributed by atoms with E-state index in [0.717, 1.165) is 12.1 Å². The van der Waals surface area contributed by atoms with Crippen molar-refractivity contribution >= 4 is 11.9 Å². The molecule has 7 heteroatoms. The smallest absolute Gasteiger partial charge is 0.311 e. The van der Waals surface area contributed by atoms with Crippen LogP contribution >= 0.6 is 0 Å². The molecule has 1 saturated heterocycles. The lowest BCUT2D eigenvalue weighted by atomic mass is 9.77. The molecule has 1 amide bonds. The monoisotopic (exact) mass is 341 g/mol. The molecule has 1 aliphatic heterocycles. The molecule has 0 aliphatic carbocycles. The molecule has 0 bridgehead atoms. The van der Waals surface area contributed by atoms with Crippen molar-refractivity contribution in [1.29, 1.82) is 0 Å². The van der Waals surface area contributed by atoms with Crippen molar-refractivity contribution in [1.82, 2.24) is 4.90 Å². The van der Waals surface area contributed by atoms with Crippen LogP contribution in [0.1, 0.15) is 24.8 Å². The first-order chi connectivity index (χ1) is 11.4. The third-order valence-corrected chi connectivity index (χ3v) is 4.51. The van der Waals surface area contributed by atoms with E-state index in [1.807, 2.05) is 0 Å². The van der Waals surface area contributed by atoms with Crippen LogP contribution in [0, 0.1) is 17.0 Å². The summed E-state index contributed by atoms with van der Waals surface area (Å²) < 4.78 is 31.2. The second kappa shape index (κ2) is 7.70. The number of benzene rings is 1. The number of piperidine rings is 1. The van der Waals surface area contributed by atoms with Crippen LogP contribution < -0.4 is 0 Å². The fraction of sp³-hybridized carbons (Fsp3) is 0.529. The lowest BCUT2D eigenvalue weighted by Gasteiger charge is -2.40. The molecule has 2 rings (SSSR count). The Morgan fingerprint density at radius 2 is 2.08 bits per heavy atom. The van der Waals surface area contributed by atoms with Crippen LogP contribution in [0.25, 0.3) is 0 Å². The summed E-state index contributed by atoms with van der Waals surface area (Å²) in [6.07, 6.45) is 1.31. The van der Waals surface area contributed by atoms with E-state index in [4.69, 9.17) is 4.74 Å². The molecule has 0 radical (unpaired) electrons. The Kier molecular flexibility index (Phi) is 5.88. The zero-order chi connectivity index (χ0) is 17.7. The summed E-state index contributed by atoms with van der Waals surface area (Å²) in [5.74, 6) is -3.19. The molecule has 1 heterocycles. The summed E-state index contributed by atoms with van der Waals surface area (Å²) in [6, 6.07) is 3.33. The van der Waals surface area contributed by atoms with Gasteiger partial charge < -0.3 is 14.7 Å². The molecule has 1 aromatic rings. The topological polar surface area (TPSA) is 66.8 Å². The Hall–Kier alpha value is -2.02. The molecule has 0 saturated carbocycles. The average molecular weight is 341 g/mol. The molecular formula is C17H21F2NO4. The van der Waals surface area contributed by atoms with Gasteiger partial charge in [-0.2, -0.15) is 0 Å². The van der Waals surface area contributed by atoms with Gasteiger partial charge in [-0.1, -0.05) is 6.07 Å². The van der Waals surface area contributed by atoms with Gasteiger partial charge in [-0.05, 0) is 37.0 Å². The first-order valence-corrected chi connectivity index (χ1v) is 7.82. The molecule has 1 aliphatic rings. The predicted molar refractivity (Wildman–Crippen MR) is 82.4 cm³/mol. The van der Waals surface area contributed by atoms with Crippen molar-refractivity contribution in [3.63, 3.8) is 0 Å². The lowest BCUT2D eigenvalue weighted by Crippen LogP contribution is -2.50. The number of aliphatic carboxylic acids is 1. The Labute approximate surface area is 139 Å². The zero-order valence-corrected chi connectivity index (χ0v) is 13.6. The van der Waals surface area contributed by atoms with Crippen molar-refractivity contribution < 1.29 is 28.2 Å². The lowest BCUT2D eigenvalue weighted by molar-refractivity contribution is -0.156. The summed E-state index contributed by atoms with van der Waals surface area (Å²) in [6.45, 7) is 0.871. The molecule has 24 heavy (non-hydrogen) atoms. The summed E-state index contributed by atoms with van der Waals surface area (Å²) >= 11 is 0. The van der Waals surface area contributed by atoms with Crippen molar-refractivity contribution in [3.05, 3.63) is 35.4 Å². The van der Waals surface area contributed by atoms with E-state index >= 15 is 0 Å². The highest BCUT2D eigenvalue weighted by molar-refractivity contribution is 5.81. The minimum Gasteiger partial charge on any atom is -0.481 e. The maximum atomic E-state index is 13.2. The molecule has 1 N–H and O–H groups in total. The molecule has 0 aromatic heterocycles. The van der Waals surface area contributed by atoms with E-state index in [-0.39, 0.29) is 18.9 Å².